The minimum Gasteiger partial charge on any atom is -0.372 e. The van der Waals surface area contributed by atoms with Gasteiger partial charge in [-0.3, -0.25) is 9.59 Å². The Hall–Kier alpha value is -2.35. The van der Waals surface area contributed by atoms with Gasteiger partial charge in [0.2, 0.25) is 11.8 Å². The standard InChI is InChI=1S/C15H16F3NO2.C4H7NO/c1-2-14(20)19-7-6-13(9-19)21-10-11-4-3-5-12(8-11)15(16,17)18;6-4-2-1-3-5-4/h2-5,8,13H,1,6-7,9-10H2;1-3H2,(H,5,6). The first kappa shape index (κ1) is 21.0. The Balaban J connectivity index is 0.000000369. The van der Waals surface area contributed by atoms with Gasteiger partial charge in [-0.1, -0.05) is 18.7 Å². The van der Waals surface area contributed by atoms with Gasteiger partial charge in [0.1, 0.15) is 0 Å². The van der Waals surface area contributed by atoms with Crippen LogP contribution in [-0.2, 0) is 27.1 Å². The summed E-state index contributed by atoms with van der Waals surface area (Å²) < 4.78 is 43.4. The van der Waals surface area contributed by atoms with E-state index in [2.05, 4.69) is 11.9 Å². The van der Waals surface area contributed by atoms with Crippen molar-refractivity contribution < 1.29 is 27.5 Å². The molecule has 2 aliphatic rings. The summed E-state index contributed by atoms with van der Waals surface area (Å²) in [5.74, 6) is 0.0511. The number of carbonyl (C=O) groups excluding carboxylic acids is 2. The fourth-order valence-corrected chi connectivity index (χ4v) is 2.81. The number of benzene rings is 1. The number of hydrogen-bond donors (Lipinski definition) is 1. The molecule has 2 fully saturated rings. The van der Waals surface area contributed by atoms with Crippen molar-refractivity contribution >= 4 is 11.8 Å². The number of hydrogen-bond acceptors (Lipinski definition) is 3. The maximum atomic E-state index is 12.6. The largest absolute Gasteiger partial charge is 0.416 e. The number of rotatable bonds is 4. The molecule has 0 bridgehead atoms. The molecular weight excluding hydrogens is 361 g/mol. The van der Waals surface area contributed by atoms with Crippen molar-refractivity contribution in [3.63, 3.8) is 0 Å². The summed E-state index contributed by atoms with van der Waals surface area (Å²) in [5, 5.41) is 2.68. The molecule has 1 aromatic carbocycles. The number of ether oxygens (including phenoxy) is 1. The lowest BCUT2D eigenvalue weighted by molar-refractivity contribution is -0.137. The number of carbonyl (C=O) groups is 2. The molecule has 1 atom stereocenters. The molecule has 2 saturated heterocycles. The van der Waals surface area contributed by atoms with Crippen LogP contribution in [0.25, 0.3) is 0 Å². The lowest BCUT2D eigenvalue weighted by Crippen LogP contribution is -2.28. The number of halogens is 3. The van der Waals surface area contributed by atoms with E-state index in [4.69, 9.17) is 4.74 Å². The van der Waals surface area contributed by atoms with Crippen LogP contribution in [0.1, 0.15) is 30.4 Å². The van der Waals surface area contributed by atoms with Crippen LogP contribution in [0.5, 0.6) is 0 Å². The van der Waals surface area contributed by atoms with Crippen molar-refractivity contribution in [3.8, 4) is 0 Å². The lowest BCUT2D eigenvalue weighted by Gasteiger charge is -2.15. The number of amides is 2. The second kappa shape index (κ2) is 9.55. The molecule has 0 aromatic heterocycles. The van der Waals surface area contributed by atoms with E-state index in [9.17, 15) is 22.8 Å². The third kappa shape index (κ3) is 6.71. The van der Waals surface area contributed by atoms with Crippen molar-refractivity contribution in [1.82, 2.24) is 10.2 Å². The van der Waals surface area contributed by atoms with Gasteiger partial charge in [0.05, 0.1) is 18.3 Å². The fraction of sp³-hybridized carbons (Fsp3) is 0.474. The van der Waals surface area contributed by atoms with Gasteiger partial charge in [0.25, 0.3) is 0 Å². The van der Waals surface area contributed by atoms with Gasteiger partial charge in [0.15, 0.2) is 0 Å². The summed E-state index contributed by atoms with van der Waals surface area (Å²) in [7, 11) is 0. The molecular formula is C19H23F3N2O3. The van der Waals surface area contributed by atoms with Gasteiger partial charge in [-0.15, -0.1) is 0 Å². The van der Waals surface area contributed by atoms with Gasteiger partial charge < -0.3 is 15.0 Å². The molecule has 1 aromatic rings. The topological polar surface area (TPSA) is 58.6 Å². The molecule has 0 aliphatic carbocycles. The van der Waals surface area contributed by atoms with Crippen LogP contribution in [-0.4, -0.2) is 42.5 Å². The zero-order valence-electron chi connectivity index (χ0n) is 14.9. The zero-order valence-corrected chi connectivity index (χ0v) is 14.9. The highest BCUT2D eigenvalue weighted by Crippen LogP contribution is 2.29. The number of nitrogens with one attached hydrogen (secondary N) is 1. The molecule has 8 heteroatoms. The fourth-order valence-electron chi connectivity index (χ4n) is 2.81. The summed E-state index contributed by atoms with van der Waals surface area (Å²) in [4.78, 5) is 23.2. The summed E-state index contributed by atoms with van der Waals surface area (Å²) in [5.41, 5.74) is -0.211. The van der Waals surface area contributed by atoms with Crippen LogP contribution in [0.3, 0.4) is 0 Å². The Morgan fingerprint density at radius 3 is 2.74 bits per heavy atom. The molecule has 0 spiro atoms. The summed E-state index contributed by atoms with van der Waals surface area (Å²) >= 11 is 0. The Morgan fingerprint density at radius 2 is 2.19 bits per heavy atom. The maximum Gasteiger partial charge on any atom is 0.416 e. The zero-order chi connectivity index (χ0) is 19.9. The normalized spacial score (nSPS) is 19.3. The molecule has 1 unspecified atom stereocenters. The van der Waals surface area contributed by atoms with Crippen molar-refractivity contribution in [2.75, 3.05) is 19.6 Å². The second-order valence-corrected chi connectivity index (χ2v) is 6.36. The number of likely N-dealkylation sites (tertiary alicyclic amines) is 1. The summed E-state index contributed by atoms with van der Waals surface area (Å²) in [6, 6.07) is 5.08. The van der Waals surface area contributed by atoms with E-state index in [1.165, 1.54) is 12.1 Å². The Bertz CT molecular complexity index is 668. The van der Waals surface area contributed by atoms with Crippen molar-refractivity contribution in [2.24, 2.45) is 0 Å². The van der Waals surface area contributed by atoms with E-state index in [0.717, 1.165) is 31.5 Å². The number of alkyl halides is 3. The average molecular weight is 384 g/mol. The van der Waals surface area contributed by atoms with Crippen LogP contribution in [0, 0.1) is 0 Å². The lowest BCUT2D eigenvalue weighted by atomic mass is 10.1. The molecule has 27 heavy (non-hydrogen) atoms. The molecule has 148 valence electrons. The van der Waals surface area contributed by atoms with Gasteiger partial charge in [-0.25, -0.2) is 0 Å². The van der Waals surface area contributed by atoms with E-state index >= 15 is 0 Å². The quantitative estimate of drug-likeness (QED) is 0.812. The number of nitrogens with zero attached hydrogens (tertiary/aromatic N) is 1. The van der Waals surface area contributed by atoms with Crippen LogP contribution in [0.4, 0.5) is 13.2 Å². The van der Waals surface area contributed by atoms with Crippen LogP contribution in [0.2, 0.25) is 0 Å². The molecule has 2 amide bonds. The highest BCUT2D eigenvalue weighted by molar-refractivity contribution is 5.87. The predicted octanol–water partition coefficient (Wildman–Crippen LogP) is 2.91. The smallest absolute Gasteiger partial charge is 0.372 e. The average Bonchev–Trinajstić information content (AvgIpc) is 3.31. The molecule has 3 rings (SSSR count). The summed E-state index contributed by atoms with van der Waals surface area (Å²) in [6.07, 6.45) is -0.813. The molecule has 2 heterocycles. The first-order valence-electron chi connectivity index (χ1n) is 8.75. The predicted molar refractivity (Wildman–Crippen MR) is 93.7 cm³/mol. The molecule has 2 aliphatic heterocycles. The Kier molecular flexibility index (Phi) is 7.41. The van der Waals surface area contributed by atoms with E-state index < -0.39 is 11.7 Å². The van der Waals surface area contributed by atoms with Gasteiger partial charge >= 0.3 is 6.18 Å². The maximum absolute atomic E-state index is 12.6. The van der Waals surface area contributed by atoms with Gasteiger partial charge in [-0.05, 0) is 36.6 Å². The van der Waals surface area contributed by atoms with Crippen LogP contribution < -0.4 is 5.32 Å². The third-order valence-electron chi connectivity index (χ3n) is 4.27. The van der Waals surface area contributed by atoms with Crippen molar-refractivity contribution in [2.45, 2.75) is 38.1 Å². The van der Waals surface area contributed by atoms with E-state index in [1.807, 2.05) is 0 Å². The van der Waals surface area contributed by atoms with Crippen LogP contribution in [0.15, 0.2) is 36.9 Å². The summed E-state index contributed by atoms with van der Waals surface area (Å²) in [6.45, 7) is 5.44. The first-order chi connectivity index (χ1) is 12.8. The Morgan fingerprint density at radius 1 is 1.41 bits per heavy atom. The van der Waals surface area contributed by atoms with Gasteiger partial charge in [0, 0.05) is 26.1 Å². The van der Waals surface area contributed by atoms with E-state index in [-0.39, 0.29) is 24.5 Å². The van der Waals surface area contributed by atoms with E-state index in [1.54, 1.807) is 11.0 Å². The third-order valence-corrected chi connectivity index (χ3v) is 4.27. The molecule has 0 saturated carbocycles. The molecule has 5 nitrogen and oxygen atoms in total. The minimum atomic E-state index is -4.35. The second-order valence-electron chi connectivity index (χ2n) is 6.36. The van der Waals surface area contributed by atoms with Crippen LogP contribution >= 0.6 is 0 Å². The highest BCUT2D eigenvalue weighted by atomic mass is 19.4. The molecule has 1 N–H and O–H groups in total. The van der Waals surface area contributed by atoms with E-state index in [0.29, 0.717) is 25.1 Å². The monoisotopic (exact) mass is 384 g/mol. The minimum absolute atomic E-state index is 0.102. The van der Waals surface area contributed by atoms with Gasteiger partial charge in [-0.2, -0.15) is 13.2 Å². The SMILES string of the molecule is C=CC(=O)N1CCC(OCc2cccc(C(F)(F)F)c2)C1.O=C1CCCN1. The Labute approximate surface area is 156 Å². The van der Waals surface area contributed by atoms with Crippen molar-refractivity contribution in [3.05, 3.63) is 48.0 Å². The molecule has 0 radical (unpaired) electrons. The van der Waals surface area contributed by atoms with Crippen molar-refractivity contribution in [1.29, 1.82) is 0 Å². The highest BCUT2D eigenvalue weighted by Gasteiger charge is 2.30. The first-order valence-corrected chi connectivity index (χ1v) is 8.75.